The number of nitrogens with one attached hydrogen (secondary N) is 1. The molecule has 0 unspecified atom stereocenters. The molecule has 88 valence electrons. The number of aliphatic hydroxyl groups is 1. The second kappa shape index (κ2) is 5.18. The van der Waals surface area contributed by atoms with Gasteiger partial charge in [0.25, 0.3) is 0 Å². The van der Waals surface area contributed by atoms with Crippen LogP contribution in [0.4, 0.5) is 0 Å². The van der Waals surface area contributed by atoms with Crippen molar-refractivity contribution in [2.24, 2.45) is 0 Å². The molecule has 0 aliphatic carbocycles. The highest BCUT2D eigenvalue weighted by atomic mass is 16.7. The predicted molar refractivity (Wildman–Crippen MR) is 60.6 cm³/mol. The molecule has 1 heterocycles. The first kappa shape index (κ1) is 11.2. The van der Waals surface area contributed by atoms with Gasteiger partial charge in [-0.25, -0.2) is 0 Å². The molecule has 0 amide bonds. The van der Waals surface area contributed by atoms with Crippen LogP contribution in [0.2, 0.25) is 0 Å². The van der Waals surface area contributed by atoms with Crippen LogP contribution in [0.5, 0.6) is 11.5 Å². The van der Waals surface area contributed by atoms with Crippen molar-refractivity contribution in [2.45, 2.75) is 25.9 Å². The van der Waals surface area contributed by atoms with Crippen LogP contribution < -0.4 is 14.8 Å². The third kappa shape index (κ3) is 2.46. The van der Waals surface area contributed by atoms with E-state index in [-0.39, 0.29) is 6.61 Å². The molecule has 0 fully saturated rings. The van der Waals surface area contributed by atoms with Crippen molar-refractivity contribution in [3.63, 3.8) is 0 Å². The van der Waals surface area contributed by atoms with Crippen LogP contribution in [0, 0.1) is 0 Å². The van der Waals surface area contributed by atoms with Gasteiger partial charge in [0.15, 0.2) is 11.5 Å². The van der Waals surface area contributed by atoms with E-state index in [1.165, 1.54) is 0 Å². The summed E-state index contributed by atoms with van der Waals surface area (Å²) in [5.74, 6) is 1.65. The first-order valence-corrected chi connectivity index (χ1v) is 5.53. The molecule has 2 N–H and O–H groups in total. The van der Waals surface area contributed by atoms with Crippen molar-refractivity contribution in [1.29, 1.82) is 0 Å². The Bertz CT molecular complexity index is 354. The molecule has 16 heavy (non-hydrogen) atoms. The Morgan fingerprint density at radius 1 is 1.44 bits per heavy atom. The summed E-state index contributed by atoms with van der Waals surface area (Å²) in [6, 6.07) is 6.18. The number of ether oxygens (including phenoxy) is 2. The maximum Gasteiger partial charge on any atom is 0.231 e. The normalized spacial score (nSPS) is 15.1. The maximum atomic E-state index is 8.80. The molecule has 0 spiro atoms. The van der Waals surface area contributed by atoms with Gasteiger partial charge in [-0.2, -0.15) is 0 Å². The number of rotatable bonds is 5. The van der Waals surface area contributed by atoms with E-state index in [0.29, 0.717) is 12.8 Å². The lowest BCUT2D eigenvalue weighted by atomic mass is 10.1. The van der Waals surface area contributed by atoms with Gasteiger partial charge in [0.1, 0.15) is 0 Å². The minimum absolute atomic E-state index is 0.209. The largest absolute Gasteiger partial charge is 0.454 e. The predicted octanol–water partition coefficient (Wildman–Crippen LogP) is 1.28. The highest BCUT2D eigenvalue weighted by molar-refractivity contribution is 5.48. The van der Waals surface area contributed by atoms with Crippen LogP contribution in [0.15, 0.2) is 18.2 Å². The molecule has 0 saturated carbocycles. The monoisotopic (exact) mass is 223 g/mol. The zero-order chi connectivity index (χ0) is 11.4. The highest BCUT2D eigenvalue weighted by Gasteiger charge is 2.16. The molecule has 0 bridgehead atoms. The zero-order valence-corrected chi connectivity index (χ0v) is 9.40. The van der Waals surface area contributed by atoms with Crippen LogP contribution >= 0.6 is 0 Å². The number of hydrogen-bond acceptors (Lipinski definition) is 4. The van der Waals surface area contributed by atoms with Gasteiger partial charge < -0.3 is 19.9 Å². The van der Waals surface area contributed by atoms with Crippen molar-refractivity contribution < 1.29 is 14.6 Å². The summed E-state index contributed by atoms with van der Waals surface area (Å²) in [5, 5.41) is 12.1. The Balaban J connectivity index is 1.97. The average Bonchev–Trinajstić information content (AvgIpc) is 2.75. The van der Waals surface area contributed by atoms with Gasteiger partial charge in [-0.1, -0.05) is 12.1 Å². The Morgan fingerprint density at radius 2 is 2.31 bits per heavy atom. The summed E-state index contributed by atoms with van der Waals surface area (Å²) in [5.41, 5.74) is 1.10. The lowest BCUT2D eigenvalue weighted by Crippen LogP contribution is -2.26. The van der Waals surface area contributed by atoms with Crippen molar-refractivity contribution in [2.75, 3.05) is 13.4 Å². The minimum Gasteiger partial charge on any atom is -0.454 e. The second-order valence-electron chi connectivity index (χ2n) is 3.95. The lowest BCUT2D eigenvalue weighted by Gasteiger charge is -2.13. The fourth-order valence-corrected chi connectivity index (χ4v) is 1.71. The second-order valence-corrected chi connectivity index (χ2v) is 3.95. The van der Waals surface area contributed by atoms with Crippen LogP contribution in [-0.2, 0) is 6.54 Å². The van der Waals surface area contributed by atoms with Crippen molar-refractivity contribution in [1.82, 2.24) is 5.32 Å². The molecule has 1 atom stereocenters. The third-order valence-electron chi connectivity index (χ3n) is 2.68. The Kier molecular flexibility index (Phi) is 3.64. The summed E-state index contributed by atoms with van der Waals surface area (Å²) >= 11 is 0. The summed E-state index contributed by atoms with van der Waals surface area (Å²) in [7, 11) is 0. The smallest absolute Gasteiger partial charge is 0.231 e. The molecule has 4 heteroatoms. The molecule has 4 nitrogen and oxygen atoms in total. The van der Waals surface area contributed by atoms with E-state index >= 15 is 0 Å². The Hall–Kier alpha value is -1.26. The molecule has 0 radical (unpaired) electrons. The average molecular weight is 223 g/mol. The van der Waals surface area contributed by atoms with Crippen molar-refractivity contribution >= 4 is 0 Å². The number of aliphatic hydroxyl groups excluding tert-OH is 1. The fourth-order valence-electron chi connectivity index (χ4n) is 1.71. The van der Waals surface area contributed by atoms with Gasteiger partial charge in [0.05, 0.1) is 0 Å². The van der Waals surface area contributed by atoms with Crippen LogP contribution in [0.25, 0.3) is 0 Å². The number of hydrogen-bond donors (Lipinski definition) is 2. The van der Waals surface area contributed by atoms with Gasteiger partial charge in [-0.05, 0) is 19.4 Å². The van der Waals surface area contributed by atoms with Crippen LogP contribution in [0.1, 0.15) is 18.9 Å². The van der Waals surface area contributed by atoms with Gasteiger partial charge in [-0.3, -0.25) is 0 Å². The quantitative estimate of drug-likeness (QED) is 0.789. The zero-order valence-electron chi connectivity index (χ0n) is 9.40. The topological polar surface area (TPSA) is 50.7 Å². The van der Waals surface area contributed by atoms with Crippen molar-refractivity contribution in [3.8, 4) is 11.5 Å². The summed E-state index contributed by atoms with van der Waals surface area (Å²) in [6.07, 6.45) is 0.756. The number of benzene rings is 1. The Labute approximate surface area is 95.2 Å². The summed E-state index contributed by atoms with van der Waals surface area (Å²) in [6.45, 7) is 3.30. The minimum atomic E-state index is 0.209. The van der Waals surface area contributed by atoms with E-state index in [0.717, 1.165) is 30.0 Å². The summed E-state index contributed by atoms with van der Waals surface area (Å²) in [4.78, 5) is 0. The molecule has 1 aromatic carbocycles. The van der Waals surface area contributed by atoms with E-state index in [1.54, 1.807) is 0 Å². The van der Waals surface area contributed by atoms with E-state index in [4.69, 9.17) is 14.6 Å². The molecule has 2 rings (SSSR count). The van der Waals surface area contributed by atoms with E-state index < -0.39 is 0 Å². The molecule has 0 saturated heterocycles. The maximum absolute atomic E-state index is 8.80. The number of fused-ring (bicyclic) bond motifs is 1. The third-order valence-corrected chi connectivity index (χ3v) is 2.68. The molecule has 1 aromatic rings. The fraction of sp³-hybridized carbons (Fsp3) is 0.500. The molecule has 0 aromatic heterocycles. The van der Waals surface area contributed by atoms with E-state index in [9.17, 15) is 0 Å². The highest BCUT2D eigenvalue weighted by Crippen LogP contribution is 2.35. The molecular formula is C12H17NO3. The van der Waals surface area contributed by atoms with Gasteiger partial charge in [0, 0.05) is 24.8 Å². The van der Waals surface area contributed by atoms with E-state index in [1.807, 2.05) is 18.2 Å². The van der Waals surface area contributed by atoms with Gasteiger partial charge >= 0.3 is 0 Å². The SMILES string of the molecule is C[C@H](CCO)NCc1cccc2c1OCO2. The first-order valence-electron chi connectivity index (χ1n) is 5.53. The Morgan fingerprint density at radius 3 is 3.12 bits per heavy atom. The number of para-hydroxylation sites is 1. The first-order chi connectivity index (χ1) is 7.81. The molecule has 1 aliphatic heterocycles. The molecule has 1 aliphatic rings. The lowest BCUT2D eigenvalue weighted by molar-refractivity contribution is 0.173. The molecular weight excluding hydrogens is 206 g/mol. The standard InChI is InChI=1S/C12H17NO3/c1-9(5-6-14)13-7-10-3-2-4-11-12(10)16-8-15-11/h2-4,9,13-14H,5-8H2,1H3/t9-/m1/s1. The summed E-state index contributed by atoms with van der Waals surface area (Å²) < 4.78 is 10.7. The van der Waals surface area contributed by atoms with Crippen LogP contribution in [-0.4, -0.2) is 24.5 Å². The van der Waals surface area contributed by atoms with Gasteiger partial charge in [0.2, 0.25) is 6.79 Å². The van der Waals surface area contributed by atoms with E-state index in [2.05, 4.69) is 12.2 Å². The van der Waals surface area contributed by atoms with Gasteiger partial charge in [-0.15, -0.1) is 0 Å². The van der Waals surface area contributed by atoms with Crippen LogP contribution in [0.3, 0.4) is 0 Å². The van der Waals surface area contributed by atoms with Crippen molar-refractivity contribution in [3.05, 3.63) is 23.8 Å².